The zero-order chi connectivity index (χ0) is 9.26. The van der Waals surface area contributed by atoms with Crippen molar-refractivity contribution in [2.24, 2.45) is 12.8 Å². The summed E-state index contributed by atoms with van der Waals surface area (Å²) < 4.78 is 1.81. The molecule has 1 unspecified atom stereocenters. The van der Waals surface area contributed by atoms with Crippen molar-refractivity contribution >= 4 is 0 Å². The standard InChI is InChI=1S/C9H16N4/c1-13-6-7(5-11-13)9(4-10)12-8-2-3-8/h5-6,8-9,12H,2-4,10H2,1H3. The van der Waals surface area contributed by atoms with Crippen LogP contribution in [0, 0.1) is 0 Å². The minimum absolute atomic E-state index is 0.279. The molecule has 1 fully saturated rings. The van der Waals surface area contributed by atoms with Gasteiger partial charge < -0.3 is 11.1 Å². The number of nitrogens with zero attached hydrogens (tertiary/aromatic N) is 2. The number of aryl methyl sites for hydroxylation is 1. The van der Waals surface area contributed by atoms with E-state index in [9.17, 15) is 0 Å². The van der Waals surface area contributed by atoms with Crippen molar-refractivity contribution < 1.29 is 0 Å². The summed E-state index contributed by atoms with van der Waals surface area (Å²) in [6.07, 6.45) is 6.48. The van der Waals surface area contributed by atoms with E-state index in [-0.39, 0.29) is 6.04 Å². The summed E-state index contributed by atoms with van der Waals surface area (Å²) in [6, 6.07) is 0.968. The highest BCUT2D eigenvalue weighted by Gasteiger charge is 2.24. The molecule has 1 aromatic heterocycles. The number of nitrogens with two attached hydrogens (primary N) is 1. The fourth-order valence-electron chi connectivity index (χ4n) is 1.45. The van der Waals surface area contributed by atoms with Gasteiger partial charge in [-0.1, -0.05) is 0 Å². The lowest BCUT2D eigenvalue weighted by Gasteiger charge is -2.13. The second kappa shape index (κ2) is 3.47. The first-order valence-electron chi connectivity index (χ1n) is 4.74. The van der Waals surface area contributed by atoms with Crippen molar-refractivity contribution in [2.75, 3.05) is 6.54 Å². The van der Waals surface area contributed by atoms with Crippen LogP contribution >= 0.6 is 0 Å². The van der Waals surface area contributed by atoms with Crippen LogP contribution in [-0.4, -0.2) is 22.4 Å². The first-order chi connectivity index (χ1) is 6.29. The molecule has 0 spiro atoms. The first kappa shape index (κ1) is 8.72. The molecule has 1 saturated carbocycles. The lowest BCUT2D eigenvalue weighted by molar-refractivity contribution is 0.538. The van der Waals surface area contributed by atoms with Crippen molar-refractivity contribution in [1.29, 1.82) is 0 Å². The molecule has 4 nitrogen and oxygen atoms in total. The van der Waals surface area contributed by atoms with Crippen LogP contribution in [-0.2, 0) is 7.05 Å². The fraction of sp³-hybridized carbons (Fsp3) is 0.667. The van der Waals surface area contributed by atoms with Gasteiger partial charge >= 0.3 is 0 Å². The molecular formula is C9H16N4. The maximum atomic E-state index is 5.69. The molecule has 0 amide bonds. The highest BCUT2D eigenvalue weighted by molar-refractivity contribution is 5.11. The normalized spacial score (nSPS) is 18.9. The third-order valence-electron chi connectivity index (χ3n) is 2.38. The molecule has 3 N–H and O–H groups in total. The third-order valence-corrected chi connectivity index (χ3v) is 2.38. The molecular weight excluding hydrogens is 164 g/mol. The van der Waals surface area contributed by atoms with Gasteiger partial charge in [0, 0.05) is 37.4 Å². The molecule has 4 heteroatoms. The molecule has 0 aromatic carbocycles. The van der Waals surface area contributed by atoms with E-state index >= 15 is 0 Å². The van der Waals surface area contributed by atoms with Gasteiger partial charge in [0.1, 0.15) is 0 Å². The maximum Gasteiger partial charge on any atom is 0.0538 e. The smallest absolute Gasteiger partial charge is 0.0538 e. The zero-order valence-corrected chi connectivity index (χ0v) is 7.90. The molecule has 72 valence electrons. The molecule has 1 aliphatic carbocycles. The van der Waals surface area contributed by atoms with Gasteiger partial charge in [0.15, 0.2) is 0 Å². The Bertz CT molecular complexity index is 277. The van der Waals surface area contributed by atoms with E-state index in [0.29, 0.717) is 12.6 Å². The van der Waals surface area contributed by atoms with Crippen LogP contribution < -0.4 is 11.1 Å². The van der Waals surface area contributed by atoms with Crippen LogP contribution in [0.15, 0.2) is 12.4 Å². The average molecular weight is 180 g/mol. The van der Waals surface area contributed by atoms with Crippen LogP contribution in [0.4, 0.5) is 0 Å². The summed E-state index contributed by atoms with van der Waals surface area (Å²) in [5.41, 5.74) is 6.88. The van der Waals surface area contributed by atoms with Gasteiger partial charge in [-0.05, 0) is 12.8 Å². The van der Waals surface area contributed by atoms with E-state index < -0.39 is 0 Å². The van der Waals surface area contributed by atoms with E-state index in [1.54, 1.807) is 0 Å². The number of hydrogen-bond donors (Lipinski definition) is 2. The number of rotatable bonds is 4. The summed E-state index contributed by atoms with van der Waals surface area (Å²) in [5, 5.41) is 7.63. The quantitative estimate of drug-likeness (QED) is 0.694. The Labute approximate surface area is 78.1 Å². The van der Waals surface area contributed by atoms with Crippen LogP contribution in [0.25, 0.3) is 0 Å². The topological polar surface area (TPSA) is 55.9 Å². The van der Waals surface area contributed by atoms with Crippen molar-refractivity contribution in [3.63, 3.8) is 0 Å². The SMILES string of the molecule is Cn1cc(C(CN)NC2CC2)cn1. The minimum atomic E-state index is 0.279. The molecule has 1 atom stereocenters. The molecule has 0 bridgehead atoms. The van der Waals surface area contributed by atoms with Gasteiger partial charge in [0.2, 0.25) is 0 Å². The predicted molar refractivity (Wildman–Crippen MR) is 51.2 cm³/mol. The monoisotopic (exact) mass is 180 g/mol. The second-order valence-corrected chi connectivity index (χ2v) is 3.68. The molecule has 1 aliphatic rings. The van der Waals surface area contributed by atoms with Gasteiger partial charge in [-0.2, -0.15) is 5.10 Å². The Kier molecular flexibility index (Phi) is 2.33. The summed E-state index contributed by atoms with van der Waals surface area (Å²) in [4.78, 5) is 0. The summed E-state index contributed by atoms with van der Waals surface area (Å²) >= 11 is 0. The maximum absolute atomic E-state index is 5.69. The van der Waals surface area contributed by atoms with E-state index in [1.807, 2.05) is 24.1 Å². The van der Waals surface area contributed by atoms with Gasteiger partial charge in [0.25, 0.3) is 0 Å². The largest absolute Gasteiger partial charge is 0.329 e. The van der Waals surface area contributed by atoms with Crippen molar-refractivity contribution in [1.82, 2.24) is 15.1 Å². The highest BCUT2D eigenvalue weighted by Crippen LogP contribution is 2.23. The van der Waals surface area contributed by atoms with E-state index in [4.69, 9.17) is 5.73 Å². The Morgan fingerprint density at radius 3 is 3.00 bits per heavy atom. The number of hydrogen-bond acceptors (Lipinski definition) is 3. The Morgan fingerprint density at radius 2 is 2.54 bits per heavy atom. The van der Waals surface area contributed by atoms with Crippen molar-refractivity contribution in [2.45, 2.75) is 24.9 Å². The van der Waals surface area contributed by atoms with Crippen LogP contribution in [0.2, 0.25) is 0 Å². The molecule has 13 heavy (non-hydrogen) atoms. The molecule has 0 aliphatic heterocycles. The summed E-state index contributed by atoms with van der Waals surface area (Å²) in [7, 11) is 1.92. The highest BCUT2D eigenvalue weighted by atomic mass is 15.2. The Morgan fingerprint density at radius 1 is 1.77 bits per heavy atom. The zero-order valence-electron chi connectivity index (χ0n) is 7.90. The van der Waals surface area contributed by atoms with Gasteiger partial charge in [-0.3, -0.25) is 4.68 Å². The van der Waals surface area contributed by atoms with Gasteiger partial charge in [-0.15, -0.1) is 0 Å². The van der Waals surface area contributed by atoms with E-state index in [1.165, 1.54) is 18.4 Å². The van der Waals surface area contributed by atoms with Gasteiger partial charge in [0.05, 0.1) is 6.20 Å². The molecule has 1 aromatic rings. The van der Waals surface area contributed by atoms with Crippen LogP contribution in [0.3, 0.4) is 0 Å². The lowest BCUT2D eigenvalue weighted by atomic mass is 10.1. The number of aromatic nitrogens is 2. The summed E-state index contributed by atoms with van der Waals surface area (Å²) in [5.74, 6) is 0. The first-order valence-corrected chi connectivity index (χ1v) is 4.74. The molecule has 0 saturated heterocycles. The van der Waals surface area contributed by atoms with Crippen LogP contribution in [0.5, 0.6) is 0 Å². The van der Waals surface area contributed by atoms with E-state index in [2.05, 4.69) is 10.4 Å². The Balaban J connectivity index is 2.01. The molecule has 0 radical (unpaired) electrons. The van der Waals surface area contributed by atoms with Crippen molar-refractivity contribution in [3.05, 3.63) is 18.0 Å². The minimum Gasteiger partial charge on any atom is -0.329 e. The fourth-order valence-corrected chi connectivity index (χ4v) is 1.45. The summed E-state index contributed by atoms with van der Waals surface area (Å²) in [6.45, 7) is 0.641. The third kappa shape index (κ3) is 2.08. The number of nitrogens with one attached hydrogen (secondary N) is 1. The average Bonchev–Trinajstić information content (AvgIpc) is 2.84. The van der Waals surface area contributed by atoms with Gasteiger partial charge in [-0.25, -0.2) is 0 Å². The predicted octanol–water partition coefficient (Wildman–Crippen LogP) is 0.172. The second-order valence-electron chi connectivity index (χ2n) is 3.68. The Hall–Kier alpha value is -0.870. The molecule has 2 rings (SSSR count). The lowest BCUT2D eigenvalue weighted by Crippen LogP contribution is -2.29. The van der Waals surface area contributed by atoms with Crippen molar-refractivity contribution in [3.8, 4) is 0 Å². The molecule has 1 heterocycles. The van der Waals surface area contributed by atoms with E-state index in [0.717, 1.165) is 0 Å². The van der Waals surface area contributed by atoms with Crippen LogP contribution in [0.1, 0.15) is 24.4 Å².